The number of nitrogens with zero attached hydrogens (tertiary/aromatic N) is 3. The van der Waals surface area contributed by atoms with E-state index in [-0.39, 0.29) is 11.9 Å². The average molecular weight is 290 g/mol. The lowest BCUT2D eigenvalue weighted by Crippen LogP contribution is -2.50. The molecule has 1 N–H and O–H groups in total. The molecule has 2 atom stereocenters. The molecule has 2 aliphatic heterocycles. The number of hydrogen-bond acceptors (Lipinski definition) is 3. The van der Waals surface area contributed by atoms with E-state index in [1.54, 1.807) is 0 Å². The molecule has 0 radical (unpaired) electrons. The van der Waals surface area contributed by atoms with Gasteiger partial charge >= 0.3 is 0 Å². The van der Waals surface area contributed by atoms with Gasteiger partial charge in [-0.1, -0.05) is 13.3 Å². The second kappa shape index (κ2) is 6.60. The van der Waals surface area contributed by atoms with Gasteiger partial charge in [0, 0.05) is 31.9 Å². The number of amides is 1. The van der Waals surface area contributed by atoms with Crippen LogP contribution in [0.2, 0.25) is 0 Å². The summed E-state index contributed by atoms with van der Waals surface area (Å²) in [6.07, 6.45) is 9.44. The van der Waals surface area contributed by atoms with Crippen molar-refractivity contribution in [2.24, 2.45) is 5.92 Å². The van der Waals surface area contributed by atoms with Gasteiger partial charge in [-0.05, 0) is 38.3 Å². The summed E-state index contributed by atoms with van der Waals surface area (Å²) in [4.78, 5) is 19.1. The molecular formula is C16H26N4O. The number of hydrogen-bond donors (Lipinski definition) is 1. The first-order chi connectivity index (χ1) is 10.3. The number of carbonyl (C=O) groups excluding carboxylic acids is 1. The molecule has 0 bridgehead atoms. The highest BCUT2D eigenvalue weighted by Gasteiger charge is 2.28. The van der Waals surface area contributed by atoms with Crippen LogP contribution in [0.15, 0.2) is 12.4 Å². The molecule has 3 rings (SSSR count). The monoisotopic (exact) mass is 290 g/mol. The lowest BCUT2D eigenvalue weighted by molar-refractivity contribution is -0.127. The maximum absolute atomic E-state index is 12.4. The Kier molecular flexibility index (Phi) is 4.58. The molecule has 5 heteroatoms. The lowest BCUT2D eigenvalue weighted by atomic mass is 9.97. The van der Waals surface area contributed by atoms with Gasteiger partial charge in [0.05, 0.1) is 6.04 Å². The third-order valence-electron chi connectivity index (χ3n) is 4.94. The topological polar surface area (TPSA) is 50.2 Å². The lowest BCUT2D eigenvalue weighted by Gasteiger charge is -2.34. The number of fused-ring (bicyclic) bond motifs is 1. The molecule has 116 valence electrons. The third-order valence-corrected chi connectivity index (χ3v) is 4.94. The van der Waals surface area contributed by atoms with E-state index in [4.69, 9.17) is 0 Å². The number of carbonyl (C=O) groups is 1. The Hall–Kier alpha value is -1.36. The molecule has 2 aliphatic rings. The van der Waals surface area contributed by atoms with Crippen molar-refractivity contribution in [3.8, 4) is 0 Å². The minimum Gasteiger partial charge on any atom is -0.354 e. The number of aromatic nitrogens is 2. The first-order valence-corrected chi connectivity index (χ1v) is 8.29. The van der Waals surface area contributed by atoms with Crippen LogP contribution in [0.3, 0.4) is 0 Å². The first-order valence-electron chi connectivity index (χ1n) is 8.29. The van der Waals surface area contributed by atoms with Crippen LogP contribution in [0.5, 0.6) is 0 Å². The SMILES string of the molecule is CCN1CCCC[C@H]1C(=O)NC[C@@H]1CCn2ccnc2C1. The van der Waals surface area contributed by atoms with Crippen molar-refractivity contribution in [3.63, 3.8) is 0 Å². The Bertz CT molecular complexity index is 484. The van der Waals surface area contributed by atoms with Crippen molar-refractivity contribution < 1.29 is 4.79 Å². The van der Waals surface area contributed by atoms with Crippen molar-refractivity contribution in [2.75, 3.05) is 19.6 Å². The summed E-state index contributed by atoms with van der Waals surface area (Å²) in [5, 5.41) is 3.19. The van der Waals surface area contributed by atoms with Gasteiger partial charge in [0.1, 0.15) is 5.82 Å². The number of likely N-dealkylation sites (tertiary alicyclic amines) is 1. The van der Waals surface area contributed by atoms with E-state index in [1.165, 1.54) is 12.8 Å². The van der Waals surface area contributed by atoms with E-state index >= 15 is 0 Å². The molecule has 3 heterocycles. The second-order valence-corrected chi connectivity index (χ2v) is 6.28. The van der Waals surface area contributed by atoms with Crippen LogP contribution in [0, 0.1) is 5.92 Å². The molecule has 1 amide bonds. The zero-order valence-electron chi connectivity index (χ0n) is 12.9. The van der Waals surface area contributed by atoms with E-state index < -0.39 is 0 Å². The summed E-state index contributed by atoms with van der Waals surface area (Å²) in [5.41, 5.74) is 0. The number of piperidine rings is 1. The van der Waals surface area contributed by atoms with Crippen LogP contribution in [-0.2, 0) is 17.8 Å². The number of likely N-dealkylation sites (N-methyl/N-ethyl adjacent to an activating group) is 1. The maximum Gasteiger partial charge on any atom is 0.237 e. The summed E-state index contributed by atoms with van der Waals surface area (Å²) in [7, 11) is 0. The fourth-order valence-corrected chi connectivity index (χ4v) is 3.62. The smallest absolute Gasteiger partial charge is 0.237 e. The molecular weight excluding hydrogens is 264 g/mol. The van der Waals surface area contributed by atoms with Crippen LogP contribution in [-0.4, -0.2) is 46.0 Å². The number of nitrogens with one attached hydrogen (secondary N) is 1. The molecule has 1 aromatic rings. The fourth-order valence-electron chi connectivity index (χ4n) is 3.62. The molecule has 0 spiro atoms. The summed E-state index contributed by atoms with van der Waals surface area (Å²) >= 11 is 0. The standard InChI is InChI=1S/C16H26N4O/c1-2-19-8-4-3-5-14(19)16(21)18-12-13-6-9-20-10-7-17-15(20)11-13/h7,10,13-14H,2-6,8-9,11-12H2,1H3,(H,18,21)/t13-,14+/m1/s1. The second-order valence-electron chi connectivity index (χ2n) is 6.28. The minimum absolute atomic E-state index is 0.0920. The van der Waals surface area contributed by atoms with Gasteiger partial charge in [0.25, 0.3) is 0 Å². The molecule has 0 aliphatic carbocycles. The van der Waals surface area contributed by atoms with Crippen LogP contribution >= 0.6 is 0 Å². The number of imidazole rings is 1. The van der Waals surface area contributed by atoms with Crippen molar-refractivity contribution in [3.05, 3.63) is 18.2 Å². The predicted molar refractivity (Wildman–Crippen MR) is 81.9 cm³/mol. The average Bonchev–Trinajstić information content (AvgIpc) is 3.00. The van der Waals surface area contributed by atoms with E-state index in [9.17, 15) is 4.79 Å². The van der Waals surface area contributed by atoms with Gasteiger partial charge in [0.2, 0.25) is 5.91 Å². The molecule has 1 saturated heterocycles. The van der Waals surface area contributed by atoms with Gasteiger partial charge in [-0.15, -0.1) is 0 Å². The van der Waals surface area contributed by atoms with Gasteiger partial charge in [-0.2, -0.15) is 0 Å². The van der Waals surface area contributed by atoms with E-state index in [2.05, 4.69) is 26.7 Å². The van der Waals surface area contributed by atoms with Crippen molar-refractivity contribution in [1.82, 2.24) is 19.8 Å². The van der Waals surface area contributed by atoms with E-state index in [0.717, 1.165) is 51.3 Å². The molecule has 1 aromatic heterocycles. The van der Waals surface area contributed by atoms with Crippen LogP contribution in [0.1, 0.15) is 38.4 Å². The molecule has 1 fully saturated rings. The quantitative estimate of drug-likeness (QED) is 0.913. The van der Waals surface area contributed by atoms with Gasteiger partial charge in [-0.25, -0.2) is 4.98 Å². The molecule has 0 unspecified atom stereocenters. The zero-order valence-corrected chi connectivity index (χ0v) is 12.9. The molecule has 0 saturated carbocycles. The Morgan fingerprint density at radius 1 is 1.38 bits per heavy atom. The number of rotatable bonds is 4. The maximum atomic E-state index is 12.4. The highest BCUT2D eigenvalue weighted by Crippen LogP contribution is 2.19. The summed E-state index contributed by atoms with van der Waals surface area (Å²) in [6.45, 7) is 6.00. The Morgan fingerprint density at radius 3 is 3.14 bits per heavy atom. The van der Waals surface area contributed by atoms with Crippen molar-refractivity contribution in [1.29, 1.82) is 0 Å². The summed E-state index contributed by atoms with van der Waals surface area (Å²) < 4.78 is 2.22. The highest BCUT2D eigenvalue weighted by atomic mass is 16.2. The Labute approximate surface area is 126 Å². The molecule has 21 heavy (non-hydrogen) atoms. The minimum atomic E-state index is 0.0920. The van der Waals surface area contributed by atoms with Crippen LogP contribution in [0.25, 0.3) is 0 Å². The Morgan fingerprint density at radius 2 is 2.29 bits per heavy atom. The van der Waals surface area contributed by atoms with Gasteiger partial charge in [-0.3, -0.25) is 9.69 Å². The van der Waals surface area contributed by atoms with Gasteiger partial charge < -0.3 is 9.88 Å². The zero-order chi connectivity index (χ0) is 14.7. The van der Waals surface area contributed by atoms with Crippen molar-refractivity contribution in [2.45, 2.75) is 51.6 Å². The van der Waals surface area contributed by atoms with Gasteiger partial charge in [0.15, 0.2) is 0 Å². The highest BCUT2D eigenvalue weighted by molar-refractivity contribution is 5.81. The fraction of sp³-hybridized carbons (Fsp3) is 0.750. The van der Waals surface area contributed by atoms with E-state index in [0.29, 0.717) is 5.92 Å². The largest absolute Gasteiger partial charge is 0.354 e. The number of aryl methyl sites for hydroxylation is 1. The third kappa shape index (κ3) is 3.28. The normalized spacial score (nSPS) is 26.3. The summed E-state index contributed by atoms with van der Waals surface area (Å²) in [5.74, 6) is 1.92. The van der Waals surface area contributed by atoms with E-state index in [1.807, 2.05) is 12.4 Å². The van der Waals surface area contributed by atoms with Crippen LogP contribution in [0.4, 0.5) is 0 Å². The molecule has 0 aromatic carbocycles. The predicted octanol–water partition coefficient (Wildman–Crippen LogP) is 1.44. The van der Waals surface area contributed by atoms with Crippen LogP contribution < -0.4 is 5.32 Å². The molecule has 5 nitrogen and oxygen atoms in total. The summed E-state index contributed by atoms with van der Waals surface area (Å²) in [6, 6.07) is 0.0920. The Balaban J connectivity index is 1.50. The first kappa shape index (κ1) is 14.6. The van der Waals surface area contributed by atoms with Crippen molar-refractivity contribution >= 4 is 5.91 Å².